The molecular weight excluding hydrogens is 326 g/mol. The van der Waals surface area contributed by atoms with E-state index in [1.54, 1.807) is 0 Å². The maximum absolute atomic E-state index is 12.1. The molecule has 0 spiro atoms. The minimum absolute atomic E-state index is 0.0218. The number of hydrogen-bond acceptors (Lipinski definition) is 5. The fourth-order valence-corrected chi connectivity index (χ4v) is 3.28. The molecule has 1 fully saturated rings. The minimum Gasteiger partial charge on any atom is -0.368 e. The lowest BCUT2D eigenvalue weighted by Gasteiger charge is -2.36. The topological polar surface area (TPSA) is 61.4 Å². The predicted molar refractivity (Wildman–Crippen MR) is 106 cm³/mol. The molecule has 1 amide bonds. The second kappa shape index (κ2) is 8.65. The molecule has 0 bridgehead atoms. The van der Waals surface area contributed by atoms with Gasteiger partial charge >= 0.3 is 0 Å². The molecule has 2 aromatic rings. The standard InChI is InChI=1S/C20H27N5O/c1-3-16(4-2)20(26)21-18-10-11-19(23-22-18)25-14-12-24(13-15-25)17-8-6-5-7-9-17/h5-11,16H,3-4,12-15H2,1-2H3,(H,21,22,26). The third-order valence-electron chi connectivity index (χ3n) is 4.98. The van der Waals surface area contributed by atoms with Crippen molar-refractivity contribution in [3.8, 4) is 0 Å². The molecule has 26 heavy (non-hydrogen) atoms. The van der Waals surface area contributed by atoms with E-state index in [1.165, 1.54) is 5.69 Å². The summed E-state index contributed by atoms with van der Waals surface area (Å²) >= 11 is 0. The molecule has 0 radical (unpaired) electrons. The summed E-state index contributed by atoms with van der Waals surface area (Å²) in [5.41, 5.74) is 1.26. The Labute approximate surface area is 155 Å². The third kappa shape index (κ3) is 4.31. The molecule has 6 nitrogen and oxygen atoms in total. The van der Waals surface area contributed by atoms with Crippen LogP contribution in [0.2, 0.25) is 0 Å². The first-order valence-corrected chi connectivity index (χ1v) is 9.40. The van der Waals surface area contributed by atoms with Crippen LogP contribution in [0.15, 0.2) is 42.5 Å². The van der Waals surface area contributed by atoms with Crippen LogP contribution in [0.4, 0.5) is 17.3 Å². The fraction of sp³-hybridized carbons (Fsp3) is 0.450. The molecule has 6 heteroatoms. The third-order valence-corrected chi connectivity index (χ3v) is 4.98. The summed E-state index contributed by atoms with van der Waals surface area (Å²) in [7, 11) is 0. The average molecular weight is 353 g/mol. The number of amides is 1. The number of carbonyl (C=O) groups excluding carboxylic acids is 1. The molecule has 1 aliphatic rings. The van der Waals surface area contributed by atoms with Crippen LogP contribution in [-0.2, 0) is 4.79 Å². The van der Waals surface area contributed by atoms with Crippen molar-refractivity contribution in [1.29, 1.82) is 0 Å². The molecule has 0 atom stereocenters. The summed E-state index contributed by atoms with van der Waals surface area (Å²) < 4.78 is 0. The van der Waals surface area contributed by atoms with Crippen LogP contribution in [0.25, 0.3) is 0 Å². The second-order valence-corrected chi connectivity index (χ2v) is 6.59. The lowest BCUT2D eigenvalue weighted by Crippen LogP contribution is -2.46. The molecule has 1 aromatic heterocycles. The van der Waals surface area contributed by atoms with Gasteiger partial charge in [0, 0.05) is 37.8 Å². The van der Waals surface area contributed by atoms with Crippen molar-refractivity contribution in [2.24, 2.45) is 5.92 Å². The maximum atomic E-state index is 12.1. The van der Waals surface area contributed by atoms with E-state index in [9.17, 15) is 4.79 Å². The van der Waals surface area contributed by atoms with Gasteiger partial charge in [-0.15, -0.1) is 10.2 Å². The molecule has 2 heterocycles. The second-order valence-electron chi connectivity index (χ2n) is 6.59. The lowest BCUT2D eigenvalue weighted by molar-refractivity contribution is -0.120. The number of carbonyl (C=O) groups is 1. The van der Waals surface area contributed by atoms with Crippen molar-refractivity contribution in [2.45, 2.75) is 26.7 Å². The van der Waals surface area contributed by atoms with Gasteiger partial charge in [0.25, 0.3) is 0 Å². The number of rotatable bonds is 6. The average Bonchev–Trinajstić information content (AvgIpc) is 2.70. The summed E-state index contributed by atoms with van der Waals surface area (Å²) in [5, 5.41) is 11.4. The lowest BCUT2D eigenvalue weighted by atomic mass is 10.0. The van der Waals surface area contributed by atoms with Gasteiger partial charge in [-0.1, -0.05) is 32.0 Å². The summed E-state index contributed by atoms with van der Waals surface area (Å²) in [6, 6.07) is 14.3. The van der Waals surface area contributed by atoms with Gasteiger partial charge in [-0.05, 0) is 37.1 Å². The molecule has 1 N–H and O–H groups in total. The molecule has 1 saturated heterocycles. The van der Waals surface area contributed by atoms with Crippen molar-refractivity contribution in [2.75, 3.05) is 41.3 Å². The van der Waals surface area contributed by atoms with E-state index >= 15 is 0 Å². The van der Waals surface area contributed by atoms with Crippen LogP contribution in [0.1, 0.15) is 26.7 Å². The summed E-state index contributed by atoms with van der Waals surface area (Å²) in [5.74, 6) is 1.43. The minimum atomic E-state index is 0.0218. The van der Waals surface area contributed by atoms with E-state index in [4.69, 9.17) is 0 Å². The molecule has 0 saturated carbocycles. The van der Waals surface area contributed by atoms with Gasteiger partial charge in [0.2, 0.25) is 5.91 Å². The van der Waals surface area contributed by atoms with E-state index in [1.807, 2.05) is 32.0 Å². The number of nitrogens with zero attached hydrogens (tertiary/aromatic N) is 4. The Morgan fingerprint density at radius 3 is 2.19 bits per heavy atom. The molecular formula is C20H27N5O. The zero-order chi connectivity index (χ0) is 18.4. The Morgan fingerprint density at radius 2 is 1.62 bits per heavy atom. The molecule has 1 aromatic carbocycles. The van der Waals surface area contributed by atoms with E-state index in [-0.39, 0.29) is 11.8 Å². The van der Waals surface area contributed by atoms with E-state index in [0.717, 1.165) is 44.8 Å². The fourth-order valence-electron chi connectivity index (χ4n) is 3.28. The molecule has 0 unspecified atom stereocenters. The first-order valence-electron chi connectivity index (χ1n) is 9.40. The molecule has 1 aliphatic heterocycles. The van der Waals surface area contributed by atoms with Crippen molar-refractivity contribution in [3.05, 3.63) is 42.5 Å². The zero-order valence-corrected chi connectivity index (χ0v) is 15.6. The number of anilines is 3. The Kier molecular flexibility index (Phi) is 6.04. The van der Waals surface area contributed by atoms with Gasteiger partial charge in [-0.3, -0.25) is 4.79 Å². The van der Waals surface area contributed by atoms with Gasteiger partial charge in [0.15, 0.2) is 11.6 Å². The Hall–Kier alpha value is -2.63. The van der Waals surface area contributed by atoms with Crippen LogP contribution >= 0.6 is 0 Å². The SMILES string of the molecule is CCC(CC)C(=O)Nc1ccc(N2CCN(c3ccccc3)CC2)nn1. The number of para-hydroxylation sites is 1. The number of nitrogens with one attached hydrogen (secondary N) is 1. The first-order chi connectivity index (χ1) is 12.7. The van der Waals surface area contributed by atoms with Crippen LogP contribution < -0.4 is 15.1 Å². The summed E-state index contributed by atoms with van der Waals surface area (Å²) in [4.78, 5) is 16.8. The van der Waals surface area contributed by atoms with Crippen molar-refractivity contribution >= 4 is 23.2 Å². The summed E-state index contributed by atoms with van der Waals surface area (Å²) in [6.07, 6.45) is 1.67. The number of benzene rings is 1. The normalized spacial score (nSPS) is 14.6. The number of aromatic nitrogens is 2. The first kappa shape index (κ1) is 18.2. The molecule has 138 valence electrons. The van der Waals surface area contributed by atoms with Crippen LogP contribution in [0.5, 0.6) is 0 Å². The van der Waals surface area contributed by atoms with Gasteiger partial charge < -0.3 is 15.1 Å². The van der Waals surface area contributed by atoms with Crippen molar-refractivity contribution < 1.29 is 4.79 Å². The largest absolute Gasteiger partial charge is 0.368 e. The van der Waals surface area contributed by atoms with Gasteiger partial charge in [-0.2, -0.15) is 0 Å². The monoisotopic (exact) mass is 353 g/mol. The van der Waals surface area contributed by atoms with Crippen LogP contribution in [0, 0.1) is 5.92 Å². The molecule has 3 rings (SSSR count). The summed E-state index contributed by atoms with van der Waals surface area (Å²) in [6.45, 7) is 7.78. The van der Waals surface area contributed by atoms with Crippen molar-refractivity contribution in [1.82, 2.24) is 10.2 Å². The van der Waals surface area contributed by atoms with Gasteiger partial charge in [0.05, 0.1) is 0 Å². The highest BCUT2D eigenvalue weighted by Gasteiger charge is 2.19. The highest BCUT2D eigenvalue weighted by atomic mass is 16.1. The van der Waals surface area contributed by atoms with Crippen LogP contribution in [-0.4, -0.2) is 42.3 Å². The highest BCUT2D eigenvalue weighted by molar-refractivity contribution is 5.91. The van der Waals surface area contributed by atoms with E-state index < -0.39 is 0 Å². The zero-order valence-electron chi connectivity index (χ0n) is 15.6. The smallest absolute Gasteiger partial charge is 0.228 e. The van der Waals surface area contributed by atoms with Gasteiger partial charge in [-0.25, -0.2) is 0 Å². The predicted octanol–water partition coefficient (Wildman–Crippen LogP) is 3.18. The van der Waals surface area contributed by atoms with Gasteiger partial charge in [0.1, 0.15) is 0 Å². The Morgan fingerprint density at radius 1 is 0.962 bits per heavy atom. The molecule has 0 aliphatic carbocycles. The van der Waals surface area contributed by atoms with Crippen LogP contribution in [0.3, 0.4) is 0 Å². The maximum Gasteiger partial charge on any atom is 0.228 e. The quantitative estimate of drug-likeness (QED) is 0.864. The Bertz CT molecular complexity index is 692. The number of piperazine rings is 1. The van der Waals surface area contributed by atoms with E-state index in [2.05, 4.69) is 49.6 Å². The highest BCUT2D eigenvalue weighted by Crippen LogP contribution is 2.19. The Balaban J connectivity index is 1.55. The number of hydrogen-bond donors (Lipinski definition) is 1. The van der Waals surface area contributed by atoms with Crippen molar-refractivity contribution in [3.63, 3.8) is 0 Å². The van der Waals surface area contributed by atoms with E-state index in [0.29, 0.717) is 5.82 Å².